The van der Waals surface area contributed by atoms with Crippen molar-refractivity contribution in [3.63, 3.8) is 0 Å². The smallest absolute Gasteiger partial charge is 0.422 e. The number of hydrogen-bond donors (Lipinski definition) is 2. The van der Waals surface area contributed by atoms with E-state index in [-0.39, 0.29) is 12.3 Å². The van der Waals surface area contributed by atoms with Crippen molar-refractivity contribution in [2.45, 2.75) is 6.92 Å². The Bertz CT molecular complexity index is 616. The maximum Gasteiger partial charge on any atom is 0.422 e. The lowest BCUT2D eigenvalue weighted by Crippen LogP contribution is -2.46. The first-order valence-electron chi connectivity index (χ1n) is 5.71. The summed E-state index contributed by atoms with van der Waals surface area (Å²) in [5.74, 6) is -1.39. The van der Waals surface area contributed by atoms with Crippen LogP contribution in [0.4, 0.5) is 10.5 Å². The molecule has 1 aromatic rings. The molecule has 1 rings (SSSR count). The van der Waals surface area contributed by atoms with Crippen LogP contribution in [-0.4, -0.2) is 38.7 Å². The molecular weight excluding hydrogens is 324 g/mol. The second-order valence-corrected chi connectivity index (χ2v) is 5.74. The number of carboxylic acids is 1. The Labute approximate surface area is 126 Å². The predicted octanol–water partition coefficient (Wildman–Crippen LogP) is 1.22. The zero-order chi connectivity index (χ0) is 16.0. The summed E-state index contributed by atoms with van der Waals surface area (Å²) >= 11 is 5.69. The van der Waals surface area contributed by atoms with Crippen molar-refractivity contribution in [1.29, 1.82) is 0 Å². The number of aliphatic carboxylic acids is 1. The van der Waals surface area contributed by atoms with E-state index in [0.717, 1.165) is 0 Å². The average Bonchev–Trinajstić information content (AvgIpc) is 2.36. The summed E-state index contributed by atoms with van der Waals surface area (Å²) in [7, 11) is -4.42. The molecule has 0 aromatic heterocycles. The second kappa shape index (κ2) is 7.14. The molecule has 0 aliphatic heterocycles. The van der Waals surface area contributed by atoms with Crippen LogP contribution in [0, 0.1) is 0 Å². The lowest BCUT2D eigenvalue weighted by atomic mass is 10.3. The number of hydrogen-bond acceptors (Lipinski definition) is 5. The highest BCUT2D eigenvalue weighted by Crippen LogP contribution is 2.20. The van der Waals surface area contributed by atoms with Gasteiger partial charge in [-0.25, -0.2) is 13.8 Å². The number of benzene rings is 1. The van der Waals surface area contributed by atoms with E-state index < -0.39 is 28.8 Å². The van der Waals surface area contributed by atoms with E-state index in [2.05, 4.69) is 4.74 Å². The lowest BCUT2D eigenvalue weighted by molar-refractivity contribution is -0.135. The Morgan fingerprint density at radius 3 is 2.38 bits per heavy atom. The minimum Gasteiger partial charge on any atom is -0.480 e. The third-order valence-corrected chi connectivity index (χ3v) is 3.77. The third-order valence-electron chi connectivity index (χ3n) is 2.17. The largest absolute Gasteiger partial charge is 0.480 e. The Hall–Kier alpha value is -2.00. The zero-order valence-electron chi connectivity index (χ0n) is 10.9. The molecular formula is C11H13ClN2O6S. The van der Waals surface area contributed by atoms with Gasteiger partial charge in [-0.1, -0.05) is 11.6 Å². The predicted molar refractivity (Wildman–Crippen MR) is 75.5 cm³/mol. The lowest BCUT2D eigenvalue weighted by Gasteiger charge is -2.22. The van der Waals surface area contributed by atoms with Gasteiger partial charge in [0, 0.05) is 5.02 Å². The molecule has 8 nitrogen and oxygen atoms in total. The van der Waals surface area contributed by atoms with Gasteiger partial charge in [0.2, 0.25) is 0 Å². The first kappa shape index (κ1) is 17.1. The summed E-state index contributed by atoms with van der Waals surface area (Å²) in [6, 6.07) is 5.42. The van der Waals surface area contributed by atoms with Crippen molar-refractivity contribution in [2.75, 3.05) is 17.5 Å². The molecule has 0 heterocycles. The van der Waals surface area contributed by atoms with Crippen LogP contribution in [0.5, 0.6) is 0 Å². The Morgan fingerprint density at radius 2 is 1.90 bits per heavy atom. The molecule has 1 aromatic carbocycles. The molecule has 2 N–H and O–H groups in total. The van der Waals surface area contributed by atoms with Crippen LogP contribution in [0.1, 0.15) is 6.92 Å². The van der Waals surface area contributed by atoms with E-state index >= 15 is 0 Å². The van der Waals surface area contributed by atoms with Crippen molar-refractivity contribution in [3.8, 4) is 0 Å². The number of halogens is 1. The average molecular weight is 337 g/mol. The number of nitrogens with zero attached hydrogens (tertiary/aromatic N) is 1. The molecule has 0 radical (unpaired) electrons. The van der Waals surface area contributed by atoms with Gasteiger partial charge in [0.05, 0.1) is 12.3 Å². The maximum absolute atomic E-state index is 12.1. The second-order valence-electron chi connectivity index (χ2n) is 3.70. The molecule has 0 spiro atoms. The number of carbonyl (C=O) groups is 2. The standard InChI is InChI=1S/C11H13ClN2O6S/c1-2-20-11(17)13-21(18,19)14(7-10(15)16)9-5-3-8(12)4-6-9/h3-6H,2,7H2,1H3,(H,13,17)(H,15,16). The van der Waals surface area contributed by atoms with Gasteiger partial charge < -0.3 is 9.84 Å². The summed E-state index contributed by atoms with van der Waals surface area (Å²) < 4.78 is 30.7. The molecule has 0 saturated heterocycles. The number of ether oxygens (including phenoxy) is 1. The molecule has 116 valence electrons. The number of carboxylic acid groups (broad SMARTS) is 1. The van der Waals surface area contributed by atoms with E-state index in [1.165, 1.54) is 31.2 Å². The van der Waals surface area contributed by atoms with Crippen LogP contribution in [0.25, 0.3) is 0 Å². The van der Waals surface area contributed by atoms with Crippen LogP contribution in [0.3, 0.4) is 0 Å². The van der Waals surface area contributed by atoms with Crippen LogP contribution < -0.4 is 9.03 Å². The molecule has 21 heavy (non-hydrogen) atoms. The quantitative estimate of drug-likeness (QED) is 0.807. The minimum atomic E-state index is -4.42. The summed E-state index contributed by atoms with van der Waals surface area (Å²) in [5, 5.41) is 9.18. The monoisotopic (exact) mass is 336 g/mol. The summed E-state index contributed by atoms with van der Waals surface area (Å²) in [6.45, 7) is 0.609. The van der Waals surface area contributed by atoms with Crippen LogP contribution in [0.2, 0.25) is 5.02 Å². The Kier molecular flexibility index (Phi) is 5.79. The van der Waals surface area contributed by atoms with Crippen molar-refractivity contribution in [2.24, 2.45) is 0 Å². The Balaban J connectivity index is 3.09. The molecule has 0 saturated carbocycles. The summed E-state index contributed by atoms with van der Waals surface area (Å²) in [4.78, 5) is 22.1. The Morgan fingerprint density at radius 1 is 1.33 bits per heavy atom. The van der Waals surface area contributed by atoms with Gasteiger partial charge in [0.1, 0.15) is 6.54 Å². The fourth-order valence-corrected chi connectivity index (χ4v) is 2.55. The molecule has 0 aliphatic rings. The molecule has 1 amide bonds. The highest BCUT2D eigenvalue weighted by molar-refractivity contribution is 7.91. The van der Waals surface area contributed by atoms with Gasteiger partial charge in [0.15, 0.2) is 0 Å². The van der Waals surface area contributed by atoms with E-state index in [0.29, 0.717) is 9.33 Å². The SMILES string of the molecule is CCOC(=O)NS(=O)(=O)N(CC(=O)O)c1ccc(Cl)cc1. The van der Waals surface area contributed by atoms with Gasteiger partial charge in [-0.15, -0.1) is 0 Å². The van der Waals surface area contributed by atoms with Crippen molar-refractivity contribution in [1.82, 2.24) is 4.72 Å². The molecule has 0 atom stereocenters. The number of nitrogens with one attached hydrogen (secondary N) is 1. The number of carbonyl (C=O) groups excluding carboxylic acids is 1. The molecule has 0 unspecified atom stereocenters. The normalized spacial score (nSPS) is 10.8. The van der Waals surface area contributed by atoms with Gasteiger partial charge in [0.25, 0.3) is 0 Å². The minimum absolute atomic E-state index is 0.0266. The van der Waals surface area contributed by atoms with Gasteiger partial charge in [-0.05, 0) is 31.2 Å². The summed E-state index contributed by atoms with van der Waals surface area (Å²) in [5.41, 5.74) is 0.0404. The molecule has 0 fully saturated rings. The van der Waals surface area contributed by atoms with Gasteiger partial charge >= 0.3 is 22.3 Å². The van der Waals surface area contributed by atoms with Crippen molar-refractivity contribution in [3.05, 3.63) is 29.3 Å². The zero-order valence-corrected chi connectivity index (χ0v) is 12.5. The van der Waals surface area contributed by atoms with E-state index in [4.69, 9.17) is 16.7 Å². The van der Waals surface area contributed by atoms with E-state index in [1.807, 2.05) is 0 Å². The summed E-state index contributed by atoms with van der Waals surface area (Å²) in [6.07, 6.45) is -1.19. The first-order chi connectivity index (χ1) is 9.76. The number of anilines is 1. The maximum atomic E-state index is 12.1. The van der Waals surface area contributed by atoms with E-state index in [9.17, 15) is 18.0 Å². The fraction of sp³-hybridized carbons (Fsp3) is 0.273. The molecule has 0 aliphatic carbocycles. The van der Waals surface area contributed by atoms with Gasteiger partial charge in [-0.3, -0.25) is 4.79 Å². The van der Waals surface area contributed by atoms with E-state index in [1.54, 1.807) is 4.72 Å². The van der Waals surface area contributed by atoms with Crippen molar-refractivity contribution < 1.29 is 27.9 Å². The van der Waals surface area contributed by atoms with Crippen LogP contribution in [0.15, 0.2) is 24.3 Å². The first-order valence-corrected chi connectivity index (χ1v) is 7.52. The van der Waals surface area contributed by atoms with Crippen LogP contribution >= 0.6 is 11.6 Å². The highest BCUT2D eigenvalue weighted by atomic mass is 35.5. The fourth-order valence-electron chi connectivity index (χ4n) is 1.37. The number of rotatable bonds is 6. The third kappa shape index (κ3) is 5.12. The van der Waals surface area contributed by atoms with Crippen molar-refractivity contribution >= 4 is 39.6 Å². The van der Waals surface area contributed by atoms with Crippen LogP contribution in [-0.2, 0) is 19.7 Å². The topological polar surface area (TPSA) is 113 Å². The molecule has 0 bridgehead atoms. The molecule has 10 heteroatoms. The van der Waals surface area contributed by atoms with Gasteiger partial charge in [-0.2, -0.15) is 8.42 Å². The highest BCUT2D eigenvalue weighted by Gasteiger charge is 2.27. The number of amides is 1.